The Hall–Kier alpha value is -0.900. The van der Waals surface area contributed by atoms with E-state index in [1.807, 2.05) is 0 Å². The van der Waals surface area contributed by atoms with Crippen LogP contribution in [-0.4, -0.2) is 35.3 Å². The molecule has 1 rings (SSSR count). The number of nitrogens with zero attached hydrogens (tertiary/aromatic N) is 2. The summed E-state index contributed by atoms with van der Waals surface area (Å²) in [5, 5.41) is 0. The Morgan fingerprint density at radius 1 is 0.533 bits per heavy atom. The van der Waals surface area contributed by atoms with Crippen LogP contribution < -0.4 is 5.73 Å². The molecule has 0 aliphatic carbocycles. The molecule has 1 aliphatic rings. The van der Waals surface area contributed by atoms with Crippen LogP contribution in [0.1, 0.15) is 233 Å². The topological polar surface area (TPSA) is 58.7 Å². The predicted molar refractivity (Wildman–Crippen MR) is 200 cm³/mol. The van der Waals surface area contributed by atoms with Gasteiger partial charge in [0, 0.05) is 19.4 Å². The maximum absolute atomic E-state index is 13.1. The van der Waals surface area contributed by atoms with E-state index in [2.05, 4.69) is 25.7 Å². The number of carbonyl (C=O) groups is 1. The van der Waals surface area contributed by atoms with E-state index in [1.54, 1.807) is 0 Å². The number of ketones is 1. The number of hydrogen-bond acceptors (Lipinski definition) is 4. The first-order valence-electron chi connectivity index (χ1n) is 20.7. The lowest BCUT2D eigenvalue weighted by molar-refractivity contribution is -0.124. The van der Waals surface area contributed by atoms with Gasteiger partial charge in [0.25, 0.3) is 0 Å². The van der Waals surface area contributed by atoms with Crippen LogP contribution in [-0.2, 0) is 4.79 Å². The molecule has 4 heteroatoms. The molecule has 4 nitrogen and oxygen atoms in total. The summed E-state index contributed by atoms with van der Waals surface area (Å²) >= 11 is 0. The molecule has 45 heavy (non-hydrogen) atoms. The van der Waals surface area contributed by atoms with Crippen molar-refractivity contribution in [2.75, 3.05) is 13.1 Å². The molecule has 1 heterocycles. The third-order valence-electron chi connectivity index (χ3n) is 10.3. The number of likely N-dealkylation sites (N-methyl/N-ethyl adjacent to an activating group) is 1. The molecule has 0 saturated carbocycles. The van der Waals surface area contributed by atoms with Gasteiger partial charge in [0.2, 0.25) is 0 Å². The molecular formula is C41H81N3O. The van der Waals surface area contributed by atoms with Crippen LogP contribution in [0.3, 0.4) is 0 Å². The molecule has 0 radical (unpaired) electrons. The summed E-state index contributed by atoms with van der Waals surface area (Å²) in [7, 11) is 0. The number of Topliss-reactive ketones (excluding diaryl/α,β-unsaturated/α-hetero) is 1. The Labute approximate surface area is 282 Å². The number of nitrogens with two attached hydrogens (primary N) is 1. The van der Waals surface area contributed by atoms with Gasteiger partial charge in [0.15, 0.2) is 11.4 Å². The molecule has 0 bridgehead atoms. The zero-order valence-electron chi connectivity index (χ0n) is 31.1. The van der Waals surface area contributed by atoms with Gasteiger partial charge in [0.1, 0.15) is 5.84 Å². The van der Waals surface area contributed by atoms with Gasteiger partial charge < -0.3 is 4.90 Å². The predicted octanol–water partition coefficient (Wildman–Crippen LogP) is 12.9. The van der Waals surface area contributed by atoms with Crippen LogP contribution in [0.5, 0.6) is 0 Å². The highest BCUT2D eigenvalue weighted by Gasteiger charge is 2.40. The monoisotopic (exact) mass is 632 g/mol. The lowest BCUT2D eigenvalue weighted by atomic mass is 9.99. The van der Waals surface area contributed by atoms with Gasteiger partial charge in [-0.15, -0.1) is 0 Å². The Bertz CT molecular complexity index is 692. The van der Waals surface area contributed by atoms with Crippen LogP contribution in [0.2, 0.25) is 0 Å². The van der Waals surface area contributed by atoms with E-state index in [0.717, 1.165) is 38.1 Å². The van der Waals surface area contributed by atoms with Crippen molar-refractivity contribution >= 4 is 11.6 Å². The average molecular weight is 632 g/mol. The van der Waals surface area contributed by atoms with Crippen molar-refractivity contribution in [1.29, 1.82) is 0 Å². The van der Waals surface area contributed by atoms with Gasteiger partial charge in [0.05, 0.1) is 6.54 Å². The van der Waals surface area contributed by atoms with E-state index in [-0.39, 0.29) is 5.78 Å². The van der Waals surface area contributed by atoms with Crippen molar-refractivity contribution in [1.82, 2.24) is 4.90 Å². The van der Waals surface area contributed by atoms with Crippen LogP contribution >= 0.6 is 0 Å². The van der Waals surface area contributed by atoms with E-state index >= 15 is 0 Å². The lowest BCUT2D eigenvalue weighted by Gasteiger charge is -2.22. The fourth-order valence-electron chi connectivity index (χ4n) is 7.08. The summed E-state index contributed by atoms with van der Waals surface area (Å²) in [6.45, 7) is 8.21. The zero-order chi connectivity index (χ0) is 32.7. The van der Waals surface area contributed by atoms with E-state index in [9.17, 15) is 4.79 Å². The van der Waals surface area contributed by atoms with Crippen molar-refractivity contribution in [3.63, 3.8) is 0 Å². The summed E-state index contributed by atoms with van der Waals surface area (Å²) in [6.07, 6.45) is 43.9. The molecule has 0 aromatic carbocycles. The quantitative estimate of drug-likeness (QED) is 0.0708. The van der Waals surface area contributed by atoms with Crippen LogP contribution in [0.15, 0.2) is 4.99 Å². The van der Waals surface area contributed by atoms with Crippen molar-refractivity contribution in [3.05, 3.63) is 0 Å². The molecule has 1 aliphatic heterocycles. The van der Waals surface area contributed by atoms with Gasteiger partial charge in [-0.2, -0.15) is 0 Å². The van der Waals surface area contributed by atoms with Crippen LogP contribution in [0.25, 0.3) is 0 Å². The Kier molecular flexibility index (Phi) is 28.5. The second kappa shape index (κ2) is 30.4. The van der Waals surface area contributed by atoms with Crippen LogP contribution in [0.4, 0.5) is 0 Å². The summed E-state index contributed by atoms with van der Waals surface area (Å²) in [5.41, 5.74) is 5.60. The Morgan fingerprint density at radius 3 is 1.18 bits per heavy atom. The number of carbonyl (C=O) groups excluding carboxylic acids is 1. The molecule has 2 N–H and O–H groups in total. The molecular weight excluding hydrogens is 550 g/mol. The smallest absolute Gasteiger partial charge is 0.186 e. The summed E-state index contributed by atoms with van der Waals surface area (Å²) in [6, 6.07) is 0. The average Bonchev–Trinajstić information content (AvgIpc) is 3.39. The molecule has 1 atom stereocenters. The van der Waals surface area contributed by atoms with Crippen molar-refractivity contribution in [3.8, 4) is 0 Å². The van der Waals surface area contributed by atoms with Gasteiger partial charge in [-0.25, -0.2) is 4.99 Å². The first-order chi connectivity index (χ1) is 22.1. The first kappa shape index (κ1) is 42.1. The van der Waals surface area contributed by atoms with E-state index in [1.165, 1.54) is 180 Å². The van der Waals surface area contributed by atoms with Gasteiger partial charge in [-0.3, -0.25) is 10.5 Å². The van der Waals surface area contributed by atoms with Gasteiger partial charge in [-0.05, 0) is 19.8 Å². The normalized spacial score (nSPS) is 16.5. The van der Waals surface area contributed by atoms with Gasteiger partial charge >= 0.3 is 0 Å². The number of unbranched alkanes of at least 4 members (excludes halogenated alkanes) is 29. The third kappa shape index (κ3) is 23.1. The molecule has 266 valence electrons. The maximum Gasteiger partial charge on any atom is 0.186 e. The summed E-state index contributed by atoms with van der Waals surface area (Å²) < 4.78 is 0. The van der Waals surface area contributed by atoms with Crippen molar-refractivity contribution < 1.29 is 4.79 Å². The second-order valence-electron chi connectivity index (χ2n) is 14.6. The minimum atomic E-state index is -1.00. The molecule has 0 aromatic rings. The SMILES string of the molecule is CCCCCCCCCCCCCCCCCCC1=NC(N)(C(=O)CCCCCCCCCCCCCCCCC)CN1CC. The highest BCUT2D eigenvalue weighted by molar-refractivity contribution is 5.95. The Morgan fingerprint density at radius 2 is 0.844 bits per heavy atom. The molecule has 0 amide bonds. The van der Waals surface area contributed by atoms with Gasteiger partial charge in [-0.1, -0.05) is 200 Å². The highest BCUT2D eigenvalue weighted by Crippen LogP contribution is 2.23. The fourth-order valence-corrected chi connectivity index (χ4v) is 7.08. The largest absolute Gasteiger partial charge is 0.356 e. The molecule has 0 fully saturated rings. The van der Waals surface area contributed by atoms with E-state index in [0.29, 0.717) is 13.0 Å². The van der Waals surface area contributed by atoms with Crippen molar-refractivity contribution in [2.45, 2.75) is 238 Å². The first-order valence-corrected chi connectivity index (χ1v) is 20.7. The molecule has 0 aromatic heterocycles. The maximum atomic E-state index is 13.1. The minimum absolute atomic E-state index is 0.151. The molecule has 0 saturated heterocycles. The number of aliphatic imine (C=N–C) groups is 1. The minimum Gasteiger partial charge on any atom is -0.356 e. The number of amidine groups is 1. The lowest BCUT2D eigenvalue weighted by Crippen LogP contribution is -2.50. The molecule has 0 spiro atoms. The molecule has 1 unspecified atom stereocenters. The number of rotatable bonds is 35. The second-order valence-corrected chi connectivity index (χ2v) is 14.6. The van der Waals surface area contributed by atoms with Crippen LogP contribution in [0, 0.1) is 0 Å². The highest BCUT2D eigenvalue weighted by atomic mass is 16.1. The van der Waals surface area contributed by atoms with Crippen molar-refractivity contribution in [2.24, 2.45) is 10.7 Å². The summed E-state index contributed by atoms with van der Waals surface area (Å²) in [5.74, 6) is 1.23. The Balaban J connectivity index is 2.02. The van der Waals surface area contributed by atoms with E-state index in [4.69, 9.17) is 10.7 Å². The fraction of sp³-hybridized carbons (Fsp3) is 0.951. The number of hydrogen-bond donors (Lipinski definition) is 1. The van der Waals surface area contributed by atoms with E-state index < -0.39 is 5.66 Å². The standard InChI is InChI=1S/C41H81N3O/c1-4-7-9-11-13-15-17-19-21-23-25-27-29-31-33-35-37-40-43-41(42,38-44(40)6-3)39(45)36-34-32-30-28-26-24-22-20-18-16-14-12-10-8-5-2/h4-38,42H2,1-3H3. The summed E-state index contributed by atoms with van der Waals surface area (Å²) in [4.78, 5) is 20.2. The third-order valence-corrected chi connectivity index (χ3v) is 10.3. The zero-order valence-corrected chi connectivity index (χ0v) is 31.1.